The number of carbonyl (C=O) groups is 3. The van der Waals surface area contributed by atoms with E-state index in [1.807, 2.05) is 20.1 Å². The summed E-state index contributed by atoms with van der Waals surface area (Å²) in [6.45, 7) is 3.39. The fraction of sp³-hybridized carbons (Fsp3) is 0.350. The van der Waals surface area contributed by atoms with E-state index in [-0.39, 0.29) is 18.9 Å². The van der Waals surface area contributed by atoms with Crippen LogP contribution in [0.15, 0.2) is 29.4 Å². The summed E-state index contributed by atoms with van der Waals surface area (Å²) >= 11 is 1.47. The molecular weight excluding hydrogens is 392 g/mol. The number of amides is 2. The number of anilines is 1. The fourth-order valence-corrected chi connectivity index (χ4v) is 3.11. The van der Waals surface area contributed by atoms with Crippen LogP contribution in [0.3, 0.4) is 0 Å². The molecule has 0 atom stereocenters. The number of esters is 1. The van der Waals surface area contributed by atoms with Gasteiger partial charge in [0.2, 0.25) is 0 Å². The Labute approximate surface area is 173 Å². The molecule has 2 N–H and O–H groups in total. The third-order valence-corrected chi connectivity index (χ3v) is 4.73. The van der Waals surface area contributed by atoms with E-state index in [1.165, 1.54) is 11.8 Å². The van der Waals surface area contributed by atoms with Crippen LogP contribution >= 0.6 is 11.8 Å². The highest BCUT2D eigenvalue weighted by Gasteiger charge is 2.13. The molecule has 2 rings (SSSR count). The highest BCUT2D eigenvalue weighted by molar-refractivity contribution is 7.98. The van der Waals surface area contributed by atoms with Gasteiger partial charge in [-0.1, -0.05) is 11.8 Å². The molecule has 0 bridgehead atoms. The van der Waals surface area contributed by atoms with E-state index < -0.39 is 11.9 Å². The van der Waals surface area contributed by atoms with Crippen molar-refractivity contribution < 1.29 is 19.1 Å². The number of benzene rings is 1. The Kier molecular flexibility index (Phi) is 8.14. The van der Waals surface area contributed by atoms with Crippen molar-refractivity contribution in [1.29, 1.82) is 0 Å². The Bertz CT molecular complexity index is 877. The molecule has 9 heteroatoms. The van der Waals surface area contributed by atoms with Crippen molar-refractivity contribution >= 4 is 35.2 Å². The lowest BCUT2D eigenvalue weighted by Gasteiger charge is -2.10. The van der Waals surface area contributed by atoms with Crippen molar-refractivity contribution in [2.24, 2.45) is 0 Å². The van der Waals surface area contributed by atoms with Gasteiger partial charge in [-0.15, -0.1) is 0 Å². The summed E-state index contributed by atoms with van der Waals surface area (Å²) < 4.78 is 5.04. The van der Waals surface area contributed by atoms with Crippen LogP contribution in [0.4, 0.5) is 5.69 Å². The maximum absolute atomic E-state index is 12.0. The van der Waals surface area contributed by atoms with Crippen LogP contribution < -0.4 is 10.6 Å². The first-order chi connectivity index (χ1) is 13.8. The molecule has 2 aromatic rings. The normalized spacial score (nSPS) is 10.3. The molecule has 0 aliphatic carbocycles. The Morgan fingerprint density at radius 1 is 1.07 bits per heavy atom. The molecular formula is C20H24N4O4S. The molecule has 8 nitrogen and oxygen atoms in total. The summed E-state index contributed by atoms with van der Waals surface area (Å²) in [5, 5.41) is 5.83. The lowest BCUT2D eigenvalue weighted by molar-refractivity contribution is -0.147. The SMILES string of the molecule is CNC(=O)c1ccc(NC(=O)COC(=O)CCc2c(C)nc(SC)nc2C)cc1. The molecule has 0 saturated heterocycles. The second-order valence-electron chi connectivity index (χ2n) is 6.23. The average Bonchev–Trinajstić information content (AvgIpc) is 2.71. The number of ether oxygens (including phenoxy) is 1. The standard InChI is InChI=1S/C20H24N4O4S/c1-12-16(13(2)23-20(22-12)29-4)9-10-18(26)28-11-17(25)24-15-7-5-14(6-8-15)19(27)21-3/h5-8H,9-11H2,1-4H3,(H,21,27)(H,24,25). The Morgan fingerprint density at radius 2 is 1.69 bits per heavy atom. The molecule has 1 aromatic carbocycles. The van der Waals surface area contributed by atoms with Gasteiger partial charge < -0.3 is 15.4 Å². The number of hydrogen-bond acceptors (Lipinski definition) is 7. The van der Waals surface area contributed by atoms with Crippen LogP contribution in [0.1, 0.15) is 33.7 Å². The highest BCUT2D eigenvalue weighted by atomic mass is 32.2. The fourth-order valence-electron chi connectivity index (χ4n) is 2.65. The lowest BCUT2D eigenvalue weighted by atomic mass is 10.1. The lowest BCUT2D eigenvalue weighted by Crippen LogP contribution is -2.21. The Morgan fingerprint density at radius 3 is 2.24 bits per heavy atom. The predicted octanol–water partition coefficient (Wildman–Crippen LogP) is 2.29. The van der Waals surface area contributed by atoms with Crippen LogP contribution in [0.2, 0.25) is 0 Å². The summed E-state index contributed by atoms with van der Waals surface area (Å²) in [5.41, 5.74) is 3.59. The number of hydrogen-bond donors (Lipinski definition) is 2. The maximum Gasteiger partial charge on any atom is 0.306 e. The molecule has 0 fully saturated rings. The van der Waals surface area contributed by atoms with Crippen LogP contribution in [0, 0.1) is 13.8 Å². The zero-order chi connectivity index (χ0) is 21.4. The second-order valence-corrected chi connectivity index (χ2v) is 7.00. The van der Waals surface area contributed by atoms with Crippen LogP contribution in [-0.2, 0) is 20.7 Å². The van der Waals surface area contributed by atoms with E-state index in [0.717, 1.165) is 17.0 Å². The molecule has 0 spiro atoms. The topological polar surface area (TPSA) is 110 Å². The van der Waals surface area contributed by atoms with Crippen molar-refractivity contribution in [3.63, 3.8) is 0 Å². The highest BCUT2D eigenvalue weighted by Crippen LogP contribution is 2.17. The van der Waals surface area contributed by atoms with Gasteiger partial charge in [-0.05, 0) is 56.4 Å². The molecule has 154 valence electrons. The van der Waals surface area contributed by atoms with Gasteiger partial charge in [-0.3, -0.25) is 14.4 Å². The summed E-state index contributed by atoms with van der Waals surface area (Å²) in [7, 11) is 1.54. The zero-order valence-electron chi connectivity index (χ0n) is 16.9. The van der Waals surface area contributed by atoms with Crippen LogP contribution in [0.5, 0.6) is 0 Å². The number of aryl methyl sites for hydroxylation is 2. The van der Waals surface area contributed by atoms with Gasteiger partial charge in [0.25, 0.3) is 11.8 Å². The van der Waals surface area contributed by atoms with Gasteiger partial charge in [0.05, 0.1) is 0 Å². The smallest absolute Gasteiger partial charge is 0.306 e. The molecule has 0 aliphatic heterocycles. The van der Waals surface area contributed by atoms with E-state index in [2.05, 4.69) is 20.6 Å². The van der Waals surface area contributed by atoms with Gasteiger partial charge in [0.15, 0.2) is 11.8 Å². The van der Waals surface area contributed by atoms with Gasteiger partial charge in [-0.2, -0.15) is 0 Å². The quantitative estimate of drug-likeness (QED) is 0.386. The minimum absolute atomic E-state index is 0.137. The van der Waals surface area contributed by atoms with Gasteiger partial charge >= 0.3 is 5.97 Å². The molecule has 1 heterocycles. The molecule has 0 saturated carbocycles. The predicted molar refractivity (Wildman–Crippen MR) is 111 cm³/mol. The van der Waals surface area contributed by atoms with Gasteiger partial charge in [0.1, 0.15) is 0 Å². The number of aromatic nitrogens is 2. The minimum Gasteiger partial charge on any atom is -0.456 e. The summed E-state index contributed by atoms with van der Waals surface area (Å²) in [4.78, 5) is 44.2. The van der Waals surface area contributed by atoms with Gasteiger partial charge in [0, 0.05) is 36.1 Å². The monoisotopic (exact) mass is 416 g/mol. The molecule has 0 aliphatic rings. The van der Waals surface area contributed by atoms with Gasteiger partial charge in [-0.25, -0.2) is 9.97 Å². The first-order valence-electron chi connectivity index (χ1n) is 8.99. The van der Waals surface area contributed by atoms with E-state index >= 15 is 0 Å². The Balaban J connectivity index is 1.80. The number of thioether (sulfide) groups is 1. The van der Waals surface area contributed by atoms with Crippen LogP contribution in [-0.4, -0.2) is 47.7 Å². The van der Waals surface area contributed by atoms with Crippen molar-refractivity contribution in [1.82, 2.24) is 15.3 Å². The summed E-state index contributed by atoms with van der Waals surface area (Å²) in [6, 6.07) is 6.40. The second kappa shape index (κ2) is 10.6. The third-order valence-electron chi connectivity index (χ3n) is 4.18. The first-order valence-corrected chi connectivity index (χ1v) is 10.2. The van der Waals surface area contributed by atoms with Crippen molar-refractivity contribution in [2.75, 3.05) is 25.2 Å². The largest absolute Gasteiger partial charge is 0.456 e. The zero-order valence-corrected chi connectivity index (χ0v) is 17.7. The van der Waals surface area contributed by atoms with Crippen molar-refractivity contribution in [3.05, 3.63) is 46.8 Å². The molecule has 0 unspecified atom stereocenters. The van der Waals surface area contributed by atoms with E-state index in [4.69, 9.17) is 4.74 Å². The van der Waals surface area contributed by atoms with Crippen LogP contribution in [0.25, 0.3) is 0 Å². The third kappa shape index (κ3) is 6.56. The molecule has 0 radical (unpaired) electrons. The first kappa shape index (κ1) is 22.4. The van der Waals surface area contributed by atoms with Crippen molar-refractivity contribution in [2.45, 2.75) is 31.8 Å². The molecule has 29 heavy (non-hydrogen) atoms. The summed E-state index contributed by atoms with van der Waals surface area (Å²) in [6.07, 6.45) is 2.50. The number of nitrogens with one attached hydrogen (secondary N) is 2. The van der Waals surface area contributed by atoms with Crippen molar-refractivity contribution in [3.8, 4) is 0 Å². The summed E-state index contributed by atoms with van der Waals surface area (Å²) in [5.74, 6) is -1.13. The number of nitrogens with zero attached hydrogens (tertiary/aromatic N) is 2. The molecule has 1 aromatic heterocycles. The van der Waals surface area contributed by atoms with E-state index in [0.29, 0.717) is 22.8 Å². The van der Waals surface area contributed by atoms with E-state index in [1.54, 1.807) is 31.3 Å². The average molecular weight is 417 g/mol. The number of rotatable bonds is 8. The molecule has 2 amide bonds. The maximum atomic E-state index is 12.0. The minimum atomic E-state index is -0.470. The van der Waals surface area contributed by atoms with E-state index in [9.17, 15) is 14.4 Å². The Hall–Kier alpha value is -2.94. The number of carbonyl (C=O) groups excluding carboxylic acids is 3.